The van der Waals surface area contributed by atoms with Crippen LogP contribution < -0.4 is 10.6 Å². The summed E-state index contributed by atoms with van der Waals surface area (Å²) in [6.07, 6.45) is -1.81. The minimum Gasteiger partial charge on any atom is -0.350 e. The zero-order chi connectivity index (χ0) is 23.7. The van der Waals surface area contributed by atoms with E-state index in [0.29, 0.717) is 34.5 Å². The molecule has 1 fully saturated rings. The van der Waals surface area contributed by atoms with Crippen LogP contribution in [0.2, 0.25) is 5.02 Å². The van der Waals surface area contributed by atoms with Gasteiger partial charge in [0.1, 0.15) is 11.3 Å². The van der Waals surface area contributed by atoms with Crippen LogP contribution in [0, 0.1) is 5.92 Å². The molecule has 0 aliphatic carbocycles. The molecule has 6 nitrogen and oxygen atoms in total. The summed E-state index contributed by atoms with van der Waals surface area (Å²) in [5.41, 5.74) is 1.46. The number of hydrogen-bond acceptors (Lipinski definition) is 5. The van der Waals surface area contributed by atoms with Gasteiger partial charge in [0.25, 0.3) is 0 Å². The summed E-state index contributed by atoms with van der Waals surface area (Å²) in [6.45, 7) is 2.49. The van der Waals surface area contributed by atoms with Crippen molar-refractivity contribution in [1.82, 2.24) is 24.8 Å². The van der Waals surface area contributed by atoms with Crippen molar-refractivity contribution < 1.29 is 13.2 Å². The van der Waals surface area contributed by atoms with E-state index >= 15 is 0 Å². The molecule has 1 aliphatic rings. The smallest absolute Gasteiger partial charge is 0.350 e. The molecule has 5 rings (SSSR count). The van der Waals surface area contributed by atoms with Crippen LogP contribution >= 0.6 is 11.6 Å². The van der Waals surface area contributed by atoms with Gasteiger partial charge in [0.2, 0.25) is 5.95 Å². The molecular weight excluding hydrogens is 465 g/mol. The standard InChI is InChI=1S/C24H22ClF3N6/c25-19-8-4-2-6-17(19)21-32-20-13-31-23(33-22(20)34(21)14-15-9-10-29-11-15)30-12-16-5-1-3-7-18(16)24(26,27)28/h1-8,13,15,29H,9-12,14H2,(H,30,31,33). The molecule has 0 radical (unpaired) electrons. The first-order valence-electron chi connectivity index (χ1n) is 11.0. The highest BCUT2D eigenvalue weighted by molar-refractivity contribution is 6.33. The van der Waals surface area contributed by atoms with Gasteiger partial charge in [0.15, 0.2) is 5.65 Å². The van der Waals surface area contributed by atoms with Gasteiger partial charge in [-0.2, -0.15) is 18.2 Å². The normalized spacial score (nSPS) is 16.3. The number of nitrogens with one attached hydrogen (secondary N) is 2. The Morgan fingerprint density at radius 1 is 1.09 bits per heavy atom. The molecule has 2 aromatic carbocycles. The third-order valence-electron chi connectivity index (χ3n) is 5.97. The summed E-state index contributed by atoms with van der Waals surface area (Å²) in [5, 5.41) is 6.90. The molecule has 10 heteroatoms. The number of aromatic nitrogens is 4. The molecule has 0 saturated carbocycles. The summed E-state index contributed by atoms with van der Waals surface area (Å²) in [4.78, 5) is 13.7. The fraction of sp³-hybridized carbons (Fsp3) is 0.292. The topological polar surface area (TPSA) is 67.7 Å². The van der Waals surface area contributed by atoms with Crippen molar-refractivity contribution in [3.05, 3.63) is 70.9 Å². The van der Waals surface area contributed by atoms with Crippen molar-refractivity contribution in [2.45, 2.75) is 25.7 Å². The quantitative estimate of drug-likeness (QED) is 0.382. The van der Waals surface area contributed by atoms with E-state index < -0.39 is 11.7 Å². The molecule has 0 spiro atoms. The SMILES string of the molecule is FC(F)(F)c1ccccc1CNc1ncc2nc(-c3ccccc3Cl)n(CC3CCNC3)c2n1. The zero-order valence-electron chi connectivity index (χ0n) is 18.1. The molecule has 1 atom stereocenters. The second kappa shape index (κ2) is 9.23. The lowest BCUT2D eigenvalue weighted by atomic mass is 10.1. The molecule has 34 heavy (non-hydrogen) atoms. The van der Waals surface area contributed by atoms with E-state index in [-0.39, 0.29) is 18.1 Å². The molecule has 176 valence electrons. The third-order valence-corrected chi connectivity index (χ3v) is 6.29. The lowest BCUT2D eigenvalue weighted by molar-refractivity contribution is -0.138. The number of imidazole rings is 1. The Balaban J connectivity index is 1.50. The van der Waals surface area contributed by atoms with Crippen LogP contribution in [0.1, 0.15) is 17.5 Å². The van der Waals surface area contributed by atoms with Crippen molar-refractivity contribution in [1.29, 1.82) is 0 Å². The van der Waals surface area contributed by atoms with Crippen LogP contribution in [0.15, 0.2) is 54.7 Å². The number of nitrogens with zero attached hydrogens (tertiary/aromatic N) is 4. The van der Waals surface area contributed by atoms with Gasteiger partial charge in [0, 0.05) is 18.7 Å². The first kappa shape index (κ1) is 22.6. The van der Waals surface area contributed by atoms with Gasteiger partial charge in [-0.3, -0.25) is 0 Å². The highest BCUT2D eigenvalue weighted by Gasteiger charge is 2.32. The molecular formula is C24H22ClF3N6. The molecule has 4 aromatic rings. The molecule has 0 amide bonds. The molecule has 1 saturated heterocycles. The van der Waals surface area contributed by atoms with Crippen LogP contribution in [0.5, 0.6) is 0 Å². The molecule has 0 bridgehead atoms. The van der Waals surface area contributed by atoms with Gasteiger partial charge in [-0.1, -0.05) is 41.9 Å². The molecule has 3 heterocycles. The van der Waals surface area contributed by atoms with Crippen LogP contribution in [-0.4, -0.2) is 32.6 Å². The number of hydrogen-bond donors (Lipinski definition) is 2. The van der Waals surface area contributed by atoms with Crippen LogP contribution in [0.4, 0.5) is 19.1 Å². The van der Waals surface area contributed by atoms with E-state index in [4.69, 9.17) is 16.6 Å². The molecule has 1 aliphatic heterocycles. The predicted molar refractivity (Wildman–Crippen MR) is 126 cm³/mol. The fourth-order valence-corrected chi connectivity index (χ4v) is 4.50. The Labute approximate surface area is 199 Å². The van der Waals surface area contributed by atoms with Crippen molar-refractivity contribution in [3.8, 4) is 11.4 Å². The third kappa shape index (κ3) is 4.58. The lowest BCUT2D eigenvalue weighted by Gasteiger charge is -2.15. The highest BCUT2D eigenvalue weighted by atomic mass is 35.5. The van der Waals surface area contributed by atoms with E-state index in [9.17, 15) is 13.2 Å². The van der Waals surface area contributed by atoms with Gasteiger partial charge in [0.05, 0.1) is 16.8 Å². The van der Waals surface area contributed by atoms with Crippen molar-refractivity contribution in [2.75, 3.05) is 18.4 Å². The largest absolute Gasteiger partial charge is 0.416 e. The summed E-state index contributed by atoms with van der Waals surface area (Å²) >= 11 is 6.47. The van der Waals surface area contributed by atoms with Crippen LogP contribution in [-0.2, 0) is 19.3 Å². The Morgan fingerprint density at radius 3 is 2.65 bits per heavy atom. The van der Waals surface area contributed by atoms with E-state index in [1.54, 1.807) is 12.3 Å². The second-order valence-electron chi connectivity index (χ2n) is 8.30. The molecule has 1 unspecified atom stereocenters. The monoisotopic (exact) mass is 486 g/mol. The summed E-state index contributed by atoms with van der Waals surface area (Å²) in [6, 6.07) is 13.0. The maximum Gasteiger partial charge on any atom is 0.416 e. The van der Waals surface area contributed by atoms with Gasteiger partial charge in [-0.25, -0.2) is 9.97 Å². The highest BCUT2D eigenvalue weighted by Crippen LogP contribution is 2.33. The number of rotatable bonds is 6. The Hall–Kier alpha value is -3.17. The number of halogens is 4. The van der Waals surface area contributed by atoms with Gasteiger partial charge in [-0.15, -0.1) is 0 Å². The van der Waals surface area contributed by atoms with Gasteiger partial charge < -0.3 is 15.2 Å². The average Bonchev–Trinajstić information content (AvgIpc) is 3.46. The van der Waals surface area contributed by atoms with Crippen LogP contribution in [0.3, 0.4) is 0 Å². The predicted octanol–water partition coefficient (Wildman–Crippen LogP) is 5.39. The van der Waals surface area contributed by atoms with E-state index in [0.717, 1.165) is 31.1 Å². The minimum absolute atomic E-state index is 0.0563. The summed E-state index contributed by atoms with van der Waals surface area (Å²) in [5.74, 6) is 1.34. The number of fused-ring (bicyclic) bond motifs is 1. The van der Waals surface area contributed by atoms with E-state index in [1.165, 1.54) is 12.1 Å². The average molecular weight is 487 g/mol. The number of anilines is 1. The van der Waals surface area contributed by atoms with E-state index in [1.807, 2.05) is 28.8 Å². The summed E-state index contributed by atoms with van der Waals surface area (Å²) in [7, 11) is 0. The summed E-state index contributed by atoms with van der Waals surface area (Å²) < 4.78 is 42.0. The van der Waals surface area contributed by atoms with E-state index in [2.05, 4.69) is 20.6 Å². The zero-order valence-corrected chi connectivity index (χ0v) is 18.9. The minimum atomic E-state index is -4.43. The first-order chi connectivity index (χ1) is 16.4. The fourth-order valence-electron chi connectivity index (χ4n) is 4.28. The van der Waals surface area contributed by atoms with Crippen molar-refractivity contribution in [3.63, 3.8) is 0 Å². The van der Waals surface area contributed by atoms with Crippen LogP contribution in [0.25, 0.3) is 22.6 Å². The van der Waals surface area contributed by atoms with Crippen molar-refractivity contribution in [2.24, 2.45) is 5.92 Å². The van der Waals surface area contributed by atoms with Crippen molar-refractivity contribution >= 4 is 28.7 Å². The first-order valence-corrected chi connectivity index (χ1v) is 11.4. The second-order valence-corrected chi connectivity index (χ2v) is 8.70. The number of alkyl halides is 3. The Morgan fingerprint density at radius 2 is 1.88 bits per heavy atom. The lowest BCUT2D eigenvalue weighted by Crippen LogP contribution is -2.16. The molecule has 2 N–H and O–H groups in total. The molecule has 2 aromatic heterocycles. The maximum atomic E-state index is 13.3. The maximum absolute atomic E-state index is 13.3. The Bertz CT molecular complexity index is 1310. The number of benzene rings is 2. The Kier molecular flexibility index (Phi) is 6.14. The van der Waals surface area contributed by atoms with Gasteiger partial charge >= 0.3 is 6.18 Å². The van der Waals surface area contributed by atoms with Gasteiger partial charge in [-0.05, 0) is 49.2 Å².